The van der Waals surface area contributed by atoms with Gasteiger partial charge >= 0.3 is 5.97 Å². The largest absolute Gasteiger partial charge is 0.481 e. The molecule has 3 nitrogen and oxygen atoms in total. The van der Waals surface area contributed by atoms with Gasteiger partial charge in [0.25, 0.3) is 0 Å². The third-order valence-electron chi connectivity index (χ3n) is 2.94. The molecule has 3 heteroatoms. The SMILES string of the molecule is O=C(O)[C@@H]1C[C@H]2CC[C@@H]1NC2. The average Bonchev–Trinajstić information content (AvgIpc) is 2.06. The summed E-state index contributed by atoms with van der Waals surface area (Å²) in [5.41, 5.74) is 0. The molecule has 0 aromatic carbocycles. The van der Waals surface area contributed by atoms with E-state index < -0.39 is 5.97 Å². The molecule has 2 aliphatic heterocycles. The van der Waals surface area contributed by atoms with E-state index in [4.69, 9.17) is 5.11 Å². The molecule has 1 saturated carbocycles. The highest BCUT2D eigenvalue weighted by Crippen LogP contribution is 2.33. The van der Waals surface area contributed by atoms with Crippen molar-refractivity contribution >= 4 is 5.97 Å². The van der Waals surface area contributed by atoms with Gasteiger partial charge in [-0.15, -0.1) is 0 Å². The van der Waals surface area contributed by atoms with E-state index in [1.54, 1.807) is 0 Å². The van der Waals surface area contributed by atoms with Crippen LogP contribution >= 0.6 is 0 Å². The first-order chi connectivity index (χ1) is 5.27. The summed E-state index contributed by atoms with van der Waals surface area (Å²) in [5.74, 6) is -0.101. The first-order valence-corrected chi connectivity index (χ1v) is 4.23. The van der Waals surface area contributed by atoms with Crippen LogP contribution in [0.25, 0.3) is 0 Å². The first-order valence-electron chi connectivity index (χ1n) is 4.23. The summed E-state index contributed by atoms with van der Waals surface area (Å²) >= 11 is 0. The molecule has 0 spiro atoms. The quantitative estimate of drug-likeness (QED) is 0.578. The number of piperidine rings is 2. The molecule has 3 atom stereocenters. The number of aliphatic carboxylic acids is 1. The van der Waals surface area contributed by atoms with E-state index in [9.17, 15) is 4.79 Å². The zero-order chi connectivity index (χ0) is 7.84. The lowest BCUT2D eigenvalue weighted by Gasteiger charge is -2.41. The highest BCUT2D eigenvalue weighted by atomic mass is 16.4. The number of nitrogens with one attached hydrogen (secondary N) is 1. The van der Waals surface area contributed by atoms with Gasteiger partial charge in [0.05, 0.1) is 5.92 Å². The van der Waals surface area contributed by atoms with Crippen LogP contribution < -0.4 is 5.32 Å². The predicted molar refractivity (Wildman–Crippen MR) is 40.3 cm³/mol. The molecular formula is C8H13NO2. The summed E-state index contributed by atoms with van der Waals surface area (Å²) < 4.78 is 0. The second kappa shape index (κ2) is 2.48. The second-order valence-corrected chi connectivity index (χ2v) is 3.64. The molecular weight excluding hydrogens is 142 g/mol. The molecule has 2 bridgehead atoms. The fourth-order valence-electron chi connectivity index (χ4n) is 2.28. The summed E-state index contributed by atoms with van der Waals surface area (Å²) in [6.45, 7) is 1.04. The first kappa shape index (κ1) is 7.10. The minimum absolute atomic E-state index is 0.109. The molecule has 3 aliphatic rings. The smallest absolute Gasteiger partial charge is 0.308 e. The molecule has 3 fully saturated rings. The Morgan fingerprint density at radius 2 is 2.27 bits per heavy atom. The maximum absolute atomic E-state index is 10.7. The van der Waals surface area contributed by atoms with Gasteiger partial charge in [-0.05, 0) is 31.7 Å². The lowest BCUT2D eigenvalue weighted by Crippen LogP contribution is -2.52. The van der Waals surface area contributed by atoms with Crippen molar-refractivity contribution in [1.29, 1.82) is 0 Å². The number of hydrogen-bond donors (Lipinski definition) is 2. The fourth-order valence-corrected chi connectivity index (χ4v) is 2.28. The Labute approximate surface area is 65.8 Å². The molecule has 1 aliphatic carbocycles. The van der Waals surface area contributed by atoms with Crippen LogP contribution in [0.1, 0.15) is 19.3 Å². The summed E-state index contributed by atoms with van der Waals surface area (Å²) in [4.78, 5) is 10.7. The topological polar surface area (TPSA) is 49.3 Å². The zero-order valence-electron chi connectivity index (χ0n) is 6.42. The summed E-state index contributed by atoms with van der Waals surface area (Å²) in [5, 5.41) is 12.1. The van der Waals surface area contributed by atoms with Gasteiger partial charge in [0.1, 0.15) is 0 Å². The minimum Gasteiger partial charge on any atom is -0.481 e. The van der Waals surface area contributed by atoms with Crippen molar-refractivity contribution in [3.63, 3.8) is 0 Å². The Balaban J connectivity index is 2.08. The van der Waals surface area contributed by atoms with E-state index in [0.29, 0.717) is 5.92 Å². The van der Waals surface area contributed by atoms with Crippen LogP contribution in [-0.2, 0) is 4.79 Å². The van der Waals surface area contributed by atoms with Crippen molar-refractivity contribution < 1.29 is 9.90 Å². The van der Waals surface area contributed by atoms with E-state index in [0.717, 1.165) is 19.4 Å². The summed E-state index contributed by atoms with van der Waals surface area (Å²) in [6.07, 6.45) is 3.18. The Morgan fingerprint density at radius 1 is 1.45 bits per heavy atom. The Hall–Kier alpha value is -0.570. The molecule has 0 radical (unpaired) electrons. The lowest BCUT2D eigenvalue weighted by molar-refractivity contribution is -0.145. The number of hydrogen-bond acceptors (Lipinski definition) is 2. The van der Waals surface area contributed by atoms with Gasteiger partial charge < -0.3 is 10.4 Å². The molecule has 0 amide bonds. The van der Waals surface area contributed by atoms with Gasteiger partial charge in [0, 0.05) is 6.04 Å². The normalized spacial score (nSPS) is 42.4. The third kappa shape index (κ3) is 1.13. The number of carbonyl (C=O) groups is 1. The van der Waals surface area contributed by atoms with Gasteiger partial charge in [-0.1, -0.05) is 0 Å². The van der Waals surface area contributed by atoms with Crippen molar-refractivity contribution in [2.75, 3.05) is 6.54 Å². The maximum atomic E-state index is 10.7. The van der Waals surface area contributed by atoms with Crippen molar-refractivity contribution in [3.05, 3.63) is 0 Å². The minimum atomic E-state index is -0.619. The van der Waals surface area contributed by atoms with Crippen LogP contribution in [0.5, 0.6) is 0 Å². The molecule has 62 valence electrons. The van der Waals surface area contributed by atoms with E-state index in [1.165, 1.54) is 6.42 Å². The van der Waals surface area contributed by atoms with Crippen LogP contribution in [0, 0.1) is 11.8 Å². The van der Waals surface area contributed by atoms with Crippen molar-refractivity contribution in [2.24, 2.45) is 11.8 Å². The fraction of sp³-hybridized carbons (Fsp3) is 0.875. The number of carboxylic acid groups (broad SMARTS) is 1. The Morgan fingerprint density at radius 3 is 2.55 bits per heavy atom. The predicted octanol–water partition coefficient (Wildman–Crippen LogP) is 0.459. The second-order valence-electron chi connectivity index (χ2n) is 3.64. The van der Waals surface area contributed by atoms with E-state index in [-0.39, 0.29) is 12.0 Å². The highest BCUT2D eigenvalue weighted by molar-refractivity contribution is 5.71. The lowest BCUT2D eigenvalue weighted by atomic mass is 9.74. The molecule has 2 heterocycles. The number of fused-ring (bicyclic) bond motifs is 3. The Bertz CT molecular complexity index is 173. The Kier molecular flexibility index (Phi) is 1.60. The third-order valence-corrected chi connectivity index (χ3v) is 2.94. The van der Waals surface area contributed by atoms with Crippen molar-refractivity contribution in [2.45, 2.75) is 25.3 Å². The maximum Gasteiger partial charge on any atom is 0.308 e. The van der Waals surface area contributed by atoms with Crippen LogP contribution in [-0.4, -0.2) is 23.7 Å². The molecule has 11 heavy (non-hydrogen) atoms. The zero-order valence-corrected chi connectivity index (χ0v) is 6.42. The highest BCUT2D eigenvalue weighted by Gasteiger charge is 2.38. The van der Waals surface area contributed by atoms with Crippen molar-refractivity contribution in [1.82, 2.24) is 5.32 Å². The average molecular weight is 155 g/mol. The molecule has 2 N–H and O–H groups in total. The van der Waals surface area contributed by atoms with Crippen LogP contribution in [0.3, 0.4) is 0 Å². The van der Waals surface area contributed by atoms with E-state index in [1.807, 2.05) is 0 Å². The van der Waals surface area contributed by atoms with Crippen LogP contribution in [0.2, 0.25) is 0 Å². The molecule has 3 rings (SSSR count). The van der Waals surface area contributed by atoms with E-state index >= 15 is 0 Å². The molecule has 0 aromatic rings. The van der Waals surface area contributed by atoms with Gasteiger partial charge in [-0.25, -0.2) is 0 Å². The van der Waals surface area contributed by atoms with Crippen molar-refractivity contribution in [3.8, 4) is 0 Å². The standard InChI is InChI=1S/C8H13NO2/c10-8(11)6-3-5-1-2-7(6)9-4-5/h5-7,9H,1-4H2,(H,10,11)/t5-,6-,7+/m1/s1. The van der Waals surface area contributed by atoms with E-state index in [2.05, 4.69) is 5.32 Å². The van der Waals surface area contributed by atoms with Gasteiger partial charge in [-0.3, -0.25) is 4.79 Å². The molecule has 2 saturated heterocycles. The van der Waals surface area contributed by atoms with Gasteiger partial charge in [0.2, 0.25) is 0 Å². The summed E-state index contributed by atoms with van der Waals surface area (Å²) in [6, 6.07) is 0.262. The summed E-state index contributed by atoms with van der Waals surface area (Å²) in [7, 11) is 0. The van der Waals surface area contributed by atoms with Crippen LogP contribution in [0.4, 0.5) is 0 Å². The molecule has 0 unspecified atom stereocenters. The van der Waals surface area contributed by atoms with Gasteiger partial charge in [-0.2, -0.15) is 0 Å². The number of rotatable bonds is 1. The number of carboxylic acids is 1. The van der Waals surface area contributed by atoms with Crippen LogP contribution in [0.15, 0.2) is 0 Å². The monoisotopic (exact) mass is 155 g/mol. The van der Waals surface area contributed by atoms with Gasteiger partial charge in [0.15, 0.2) is 0 Å². The molecule has 0 aromatic heterocycles.